The van der Waals surface area contributed by atoms with Gasteiger partial charge in [-0.2, -0.15) is 0 Å². The molecular weight excluding hydrogens is 388 g/mol. The number of benzene rings is 1. The molecule has 0 aliphatic carbocycles. The zero-order valence-electron chi connectivity index (χ0n) is 19.4. The minimum absolute atomic E-state index is 0.626. The third-order valence-electron chi connectivity index (χ3n) is 7.03. The number of nitrogens with zero attached hydrogens (tertiary/aromatic N) is 5. The largest absolute Gasteiger partial charge is 0.379 e. The van der Waals surface area contributed by atoms with Crippen molar-refractivity contribution >= 4 is 5.96 Å². The number of ether oxygens (including phenoxy) is 1. The van der Waals surface area contributed by atoms with Gasteiger partial charge in [-0.15, -0.1) is 0 Å². The molecule has 3 aliphatic rings. The fraction of sp³-hybridized carbons (Fsp3) is 0.708. The van der Waals surface area contributed by atoms with Gasteiger partial charge in [0, 0.05) is 78.5 Å². The molecule has 172 valence electrons. The van der Waals surface area contributed by atoms with E-state index in [-0.39, 0.29) is 0 Å². The van der Waals surface area contributed by atoms with Crippen LogP contribution in [0, 0.1) is 0 Å². The van der Waals surface area contributed by atoms with Crippen molar-refractivity contribution in [2.24, 2.45) is 4.99 Å². The molecule has 1 aromatic carbocycles. The third kappa shape index (κ3) is 6.19. The summed E-state index contributed by atoms with van der Waals surface area (Å²) in [5.74, 6) is 1.02. The first-order chi connectivity index (χ1) is 15.2. The molecule has 3 saturated heterocycles. The second-order valence-electron chi connectivity index (χ2n) is 8.96. The first-order valence-electron chi connectivity index (χ1n) is 12.0. The van der Waals surface area contributed by atoms with Crippen molar-refractivity contribution in [1.29, 1.82) is 0 Å². The Balaban J connectivity index is 1.22. The van der Waals surface area contributed by atoms with Gasteiger partial charge in [0.1, 0.15) is 0 Å². The minimum atomic E-state index is 0.626. The SMILES string of the molecule is CCN1CCN(Cc2ccc(CNC(=NC)N3CCC(N4CCOCC4)C3)cc2)CC1. The average molecular weight is 429 g/mol. The highest BCUT2D eigenvalue weighted by molar-refractivity contribution is 5.80. The summed E-state index contributed by atoms with van der Waals surface area (Å²) in [6.07, 6.45) is 1.21. The van der Waals surface area contributed by atoms with E-state index >= 15 is 0 Å². The second kappa shape index (κ2) is 11.3. The molecule has 0 aromatic heterocycles. The maximum absolute atomic E-state index is 5.51. The molecule has 0 radical (unpaired) electrons. The van der Waals surface area contributed by atoms with E-state index in [1.54, 1.807) is 0 Å². The van der Waals surface area contributed by atoms with E-state index in [1.165, 1.54) is 50.3 Å². The first-order valence-corrected chi connectivity index (χ1v) is 12.0. The molecule has 4 rings (SSSR count). The molecule has 7 nitrogen and oxygen atoms in total. The van der Waals surface area contributed by atoms with Crippen molar-refractivity contribution in [2.75, 3.05) is 79.2 Å². The van der Waals surface area contributed by atoms with E-state index < -0.39 is 0 Å². The summed E-state index contributed by atoms with van der Waals surface area (Å²) in [6.45, 7) is 16.0. The van der Waals surface area contributed by atoms with Gasteiger partial charge in [0.05, 0.1) is 13.2 Å². The van der Waals surface area contributed by atoms with Gasteiger partial charge in [-0.05, 0) is 24.1 Å². The summed E-state index contributed by atoms with van der Waals surface area (Å²) in [7, 11) is 1.89. The Kier molecular flexibility index (Phi) is 8.19. The van der Waals surface area contributed by atoms with Crippen LogP contribution in [-0.2, 0) is 17.8 Å². The van der Waals surface area contributed by atoms with Gasteiger partial charge in [0.25, 0.3) is 0 Å². The van der Waals surface area contributed by atoms with Crippen LogP contribution in [0.5, 0.6) is 0 Å². The number of guanidine groups is 1. The molecule has 3 fully saturated rings. The lowest BCUT2D eigenvalue weighted by molar-refractivity contribution is 0.0195. The molecule has 3 heterocycles. The van der Waals surface area contributed by atoms with Crippen molar-refractivity contribution in [2.45, 2.75) is 32.5 Å². The van der Waals surface area contributed by atoms with Gasteiger partial charge in [0.2, 0.25) is 0 Å². The summed E-state index contributed by atoms with van der Waals surface area (Å²) in [5.41, 5.74) is 2.72. The van der Waals surface area contributed by atoms with Gasteiger partial charge >= 0.3 is 0 Å². The monoisotopic (exact) mass is 428 g/mol. The Morgan fingerprint density at radius 2 is 1.65 bits per heavy atom. The number of morpholine rings is 1. The van der Waals surface area contributed by atoms with Crippen LogP contribution < -0.4 is 5.32 Å². The lowest BCUT2D eigenvalue weighted by atomic mass is 10.1. The molecular formula is C24H40N6O. The van der Waals surface area contributed by atoms with Gasteiger partial charge in [0.15, 0.2) is 5.96 Å². The predicted octanol–water partition coefficient (Wildman–Crippen LogP) is 1.31. The zero-order valence-corrected chi connectivity index (χ0v) is 19.4. The lowest BCUT2D eigenvalue weighted by Gasteiger charge is -2.34. The van der Waals surface area contributed by atoms with Crippen LogP contribution in [0.4, 0.5) is 0 Å². The van der Waals surface area contributed by atoms with E-state index in [0.717, 1.165) is 58.4 Å². The molecule has 1 unspecified atom stereocenters. The second-order valence-corrected chi connectivity index (χ2v) is 8.96. The van der Waals surface area contributed by atoms with Gasteiger partial charge in [-0.25, -0.2) is 0 Å². The summed E-state index contributed by atoms with van der Waals surface area (Å²) >= 11 is 0. The molecule has 1 aromatic rings. The summed E-state index contributed by atoms with van der Waals surface area (Å²) in [4.78, 5) is 14.6. The van der Waals surface area contributed by atoms with E-state index in [1.807, 2.05) is 7.05 Å². The number of rotatable bonds is 6. The third-order valence-corrected chi connectivity index (χ3v) is 7.03. The van der Waals surface area contributed by atoms with Crippen LogP contribution in [0.3, 0.4) is 0 Å². The fourth-order valence-electron chi connectivity index (χ4n) is 4.97. The maximum atomic E-state index is 5.51. The predicted molar refractivity (Wildman–Crippen MR) is 126 cm³/mol. The van der Waals surface area contributed by atoms with Crippen LogP contribution in [0.1, 0.15) is 24.5 Å². The summed E-state index contributed by atoms with van der Waals surface area (Å²) in [5, 5.41) is 3.58. The number of likely N-dealkylation sites (tertiary alicyclic amines) is 1. The lowest BCUT2D eigenvalue weighted by Crippen LogP contribution is -2.46. The fourth-order valence-corrected chi connectivity index (χ4v) is 4.97. The maximum Gasteiger partial charge on any atom is 0.193 e. The Labute approximate surface area is 188 Å². The molecule has 1 atom stereocenters. The van der Waals surface area contributed by atoms with Crippen LogP contribution in [-0.4, -0.2) is 111 Å². The Morgan fingerprint density at radius 1 is 0.968 bits per heavy atom. The van der Waals surface area contributed by atoms with Crippen LogP contribution in [0.25, 0.3) is 0 Å². The van der Waals surface area contributed by atoms with E-state index in [9.17, 15) is 0 Å². The smallest absolute Gasteiger partial charge is 0.193 e. The van der Waals surface area contributed by atoms with Crippen LogP contribution >= 0.6 is 0 Å². The molecule has 0 amide bonds. The first kappa shape index (κ1) is 22.5. The van der Waals surface area contributed by atoms with E-state index in [2.05, 4.69) is 61.1 Å². The number of hydrogen-bond donors (Lipinski definition) is 1. The molecule has 1 N–H and O–H groups in total. The van der Waals surface area contributed by atoms with E-state index in [4.69, 9.17) is 4.74 Å². The highest BCUT2D eigenvalue weighted by Gasteiger charge is 2.30. The Bertz CT molecular complexity index is 695. The molecule has 7 heteroatoms. The number of nitrogens with one attached hydrogen (secondary N) is 1. The van der Waals surface area contributed by atoms with Gasteiger partial charge in [-0.1, -0.05) is 31.2 Å². The van der Waals surface area contributed by atoms with Gasteiger partial charge < -0.3 is 19.9 Å². The quantitative estimate of drug-likeness (QED) is 0.545. The Morgan fingerprint density at radius 3 is 2.32 bits per heavy atom. The number of likely N-dealkylation sites (N-methyl/N-ethyl adjacent to an activating group) is 1. The van der Waals surface area contributed by atoms with Crippen LogP contribution in [0.15, 0.2) is 29.3 Å². The average Bonchev–Trinajstić information content (AvgIpc) is 3.32. The molecule has 0 spiro atoms. The number of hydrogen-bond acceptors (Lipinski definition) is 5. The molecule has 0 saturated carbocycles. The molecule has 0 bridgehead atoms. The normalized spacial score (nSPS) is 24.6. The molecule has 3 aliphatic heterocycles. The van der Waals surface area contributed by atoms with Crippen molar-refractivity contribution < 1.29 is 4.74 Å². The van der Waals surface area contributed by atoms with Crippen molar-refractivity contribution in [3.05, 3.63) is 35.4 Å². The molecule has 31 heavy (non-hydrogen) atoms. The minimum Gasteiger partial charge on any atom is -0.379 e. The van der Waals surface area contributed by atoms with Gasteiger partial charge in [-0.3, -0.25) is 14.8 Å². The number of piperazine rings is 1. The zero-order chi connectivity index (χ0) is 21.5. The standard InChI is InChI=1S/C24H40N6O/c1-3-27-10-12-28(13-11-27)19-22-6-4-21(5-7-22)18-26-24(25-2)30-9-8-23(20-30)29-14-16-31-17-15-29/h4-7,23H,3,8-20H2,1-2H3,(H,25,26). The Hall–Kier alpha value is -1.67. The van der Waals surface area contributed by atoms with E-state index in [0.29, 0.717) is 6.04 Å². The summed E-state index contributed by atoms with van der Waals surface area (Å²) in [6, 6.07) is 9.73. The highest BCUT2D eigenvalue weighted by Crippen LogP contribution is 2.17. The van der Waals surface area contributed by atoms with Crippen molar-refractivity contribution in [3.8, 4) is 0 Å². The number of aliphatic imine (C=N–C) groups is 1. The highest BCUT2D eigenvalue weighted by atomic mass is 16.5. The van der Waals surface area contributed by atoms with Crippen LogP contribution in [0.2, 0.25) is 0 Å². The van der Waals surface area contributed by atoms with Crippen molar-refractivity contribution in [1.82, 2.24) is 24.9 Å². The topological polar surface area (TPSA) is 46.6 Å². The summed E-state index contributed by atoms with van der Waals surface area (Å²) < 4.78 is 5.51. The van der Waals surface area contributed by atoms with Crippen molar-refractivity contribution in [3.63, 3.8) is 0 Å².